The number of hydrogen-bond acceptors (Lipinski definition) is 3. The van der Waals surface area contributed by atoms with Crippen LogP contribution in [0.3, 0.4) is 0 Å². The lowest BCUT2D eigenvalue weighted by Gasteiger charge is -2.24. The van der Waals surface area contributed by atoms with Crippen LogP contribution in [0, 0.1) is 12.7 Å². The summed E-state index contributed by atoms with van der Waals surface area (Å²) in [5, 5.41) is 3.37. The molecule has 0 spiro atoms. The van der Waals surface area contributed by atoms with Crippen molar-refractivity contribution in [2.45, 2.75) is 31.2 Å². The Labute approximate surface area is 185 Å². The van der Waals surface area contributed by atoms with E-state index in [1.54, 1.807) is 37.3 Å². The second-order valence-electron chi connectivity index (χ2n) is 7.57. The summed E-state index contributed by atoms with van der Waals surface area (Å²) in [4.78, 5) is 12.7. The highest BCUT2D eigenvalue weighted by molar-refractivity contribution is 7.92. The number of carbonyl (C=O) groups is 1. The van der Waals surface area contributed by atoms with Crippen molar-refractivity contribution < 1.29 is 17.6 Å². The Morgan fingerprint density at radius 2 is 1.81 bits per heavy atom. The van der Waals surface area contributed by atoms with E-state index in [-0.39, 0.29) is 16.8 Å². The fourth-order valence-corrected chi connectivity index (χ4v) is 5.58. The summed E-state index contributed by atoms with van der Waals surface area (Å²) in [5.74, 6) is -0.811. The van der Waals surface area contributed by atoms with Gasteiger partial charge >= 0.3 is 0 Å². The molecule has 0 aromatic heterocycles. The quantitative estimate of drug-likeness (QED) is 0.585. The lowest BCUT2D eigenvalue weighted by atomic mass is 10.1. The van der Waals surface area contributed by atoms with Crippen LogP contribution in [0.1, 0.15) is 28.4 Å². The SMILES string of the molecule is Cc1ccc(NC(=O)c2ccc3c(c2)C[C@H](C)N3S(=O)(=O)c2ccc(F)cc2)cc1Cl. The lowest BCUT2D eigenvalue weighted by molar-refractivity contribution is 0.102. The summed E-state index contributed by atoms with van der Waals surface area (Å²) in [6.07, 6.45) is 0.466. The fourth-order valence-electron chi connectivity index (χ4n) is 3.70. The maximum atomic E-state index is 13.2. The molecule has 1 amide bonds. The predicted octanol–water partition coefficient (Wildman–Crippen LogP) is 5.18. The zero-order chi connectivity index (χ0) is 22.3. The molecule has 1 N–H and O–H groups in total. The minimum atomic E-state index is -3.86. The fraction of sp³-hybridized carbons (Fsp3) is 0.174. The molecule has 0 fully saturated rings. The van der Waals surface area contributed by atoms with Crippen LogP contribution < -0.4 is 9.62 Å². The van der Waals surface area contributed by atoms with E-state index in [9.17, 15) is 17.6 Å². The molecular weight excluding hydrogens is 439 g/mol. The molecule has 4 rings (SSSR count). The van der Waals surface area contributed by atoms with E-state index in [0.717, 1.165) is 23.3 Å². The van der Waals surface area contributed by atoms with Crippen molar-refractivity contribution in [1.82, 2.24) is 0 Å². The first-order chi connectivity index (χ1) is 14.7. The van der Waals surface area contributed by atoms with Gasteiger partial charge in [-0.15, -0.1) is 0 Å². The van der Waals surface area contributed by atoms with E-state index in [1.807, 2.05) is 13.0 Å². The van der Waals surface area contributed by atoms with Crippen LogP contribution in [-0.2, 0) is 16.4 Å². The van der Waals surface area contributed by atoms with Gasteiger partial charge in [0.1, 0.15) is 5.82 Å². The molecule has 5 nitrogen and oxygen atoms in total. The molecule has 31 heavy (non-hydrogen) atoms. The van der Waals surface area contributed by atoms with Crippen LogP contribution in [0.15, 0.2) is 65.6 Å². The topological polar surface area (TPSA) is 66.5 Å². The van der Waals surface area contributed by atoms with Gasteiger partial charge in [-0.25, -0.2) is 12.8 Å². The monoisotopic (exact) mass is 458 g/mol. The van der Waals surface area contributed by atoms with Crippen molar-refractivity contribution in [3.8, 4) is 0 Å². The number of anilines is 2. The molecule has 1 aliphatic heterocycles. The normalized spacial score (nSPS) is 15.6. The van der Waals surface area contributed by atoms with Crippen molar-refractivity contribution in [3.63, 3.8) is 0 Å². The number of nitrogens with one attached hydrogen (secondary N) is 1. The molecule has 0 saturated heterocycles. The minimum Gasteiger partial charge on any atom is -0.322 e. The average Bonchev–Trinajstić information content (AvgIpc) is 3.06. The molecule has 0 bridgehead atoms. The van der Waals surface area contributed by atoms with Crippen molar-refractivity contribution in [3.05, 3.63) is 88.2 Å². The summed E-state index contributed by atoms with van der Waals surface area (Å²) in [7, 11) is -3.86. The Hall–Kier alpha value is -2.90. The van der Waals surface area contributed by atoms with Crippen molar-refractivity contribution in [1.29, 1.82) is 0 Å². The molecular formula is C23H20ClFN2O3S. The Balaban J connectivity index is 1.62. The van der Waals surface area contributed by atoms with Gasteiger partial charge in [-0.05, 0) is 86.0 Å². The van der Waals surface area contributed by atoms with Gasteiger partial charge in [0.2, 0.25) is 0 Å². The van der Waals surface area contributed by atoms with E-state index in [2.05, 4.69) is 5.32 Å². The van der Waals surface area contributed by atoms with Crippen LogP contribution in [-0.4, -0.2) is 20.4 Å². The van der Waals surface area contributed by atoms with Crippen LogP contribution >= 0.6 is 11.6 Å². The number of amides is 1. The number of rotatable bonds is 4. The summed E-state index contributed by atoms with van der Waals surface area (Å²) < 4.78 is 40.9. The number of fused-ring (bicyclic) bond motifs is 1. The Kier molecular flexibility index (Phi) is 5.49. The van der Waals surface area contributed by atoms with Gasteiger partial charge in [0.15, 0.2) is 0 Å². The van der Waals surface area contributed by atoms with E-state index >= 15 is 0 Å². The van der Waals surface area contributed by atoms with Crippen molar-refractivity contribution >= 4 is 38.9 Å². The first-order valence-electron chi connectivity index (χ1n) is 9.67. The third kappa shape index (κ3) is 4.03. The zero-order valence-corrected chi connectivity index (χ0v) is 18.5. The van der Waals surface area contributed by atoms with Gasteiger partial charge in [-0.3, -0.25) is 9.10 Å². The predicted molar refractivity (Wildman–Crippen MR) is 120 cm³/mol. The van der Waals surface area contributed by atoms with Crippen LogP contribution in [0.5, 0.6) is 0 Å². The second-order valence-corrected chi connectivity index (χ2v) is 9.79. The average molecular weight is 459 g/mol. The summed E-state index contributed by atoms with van der Waals surface area (Å²) in [6, 6.07) is 14.6. The number of hydrogen-bond donors (Lipinski definition) is 1. The minimum absolute atomic E-state index is 0.0201. The van der Waals surface area contributed by atoms with E-state index < -0.39 is 15.8 Å². The molecule has 1 atom stereocenters. The maximum Gasteiger partial charge on any atom is 0.264 e. The number of carbonyl (C=O) groups excluding carboxylic acids is 1. The molecule has 3 aromatic carbocycles. The number of benzene rings is 3. The molecule has 1 heterocycles. The van der Waals surface area contributed by atoms with E-state index in [1.165, 1.54) is 16.4 Å². The number of halogens is 2. The summed E-state index contributed by atoms with van der Waals surface area (Å²) in [5.41, 5.74) is 3.19. The Morgan fingerprint density at radius 3 is 2.48 bits per heavy atom. The molecule has 8 heteroatoms. The highest BCUT2D eigenvalue weighted by atomic mass is 35.5. The van der Waals surface area contributed by atoms with Crippen LogP contribution in [0.2, 0.25) is 5.02 Å². The summed E-state index contributed by atoms with van der Waals surface area (Å²) >= 11 is 6.12. The first-order valence-corrected chi connectivity index (χ1v) is 11.5. The zero-order valence-electron chi connectivity index (χ0n) is 16.9. The highest BCUT2D eigenvalue weighted by Gasteiger charge is 2.36. The standard InChI is InChI=1S/C23H20ClFN2O3S/c1-14-3-7-19(13-21(14)24)26-23(28)16-4-10-22-17(12-16)11-15(2)27(22)31(29,30)20-8-5-18(25)6-9-20/h3-10,12-13,15H,11H2,1-2H3,(H,26,28)/t15-/m0/s1. The largest absolute Gasteiger partial charge is 0.322 e. The molecule has 1 aliphatic rings. The Bertz CT molecular complexity index is 1280. The van der Waals surface area contributed by atoms with Crippen molar-refractivity contribution in [2.24, 2.45) is 0 Å². The van der Waals surface area contributed by atoms with E-state index in [0.29, 0.717) is 28.4 Å². The Morgan fingerprint density at radius 1 is 1.10 bits per heavy atom. The molecule has 0 saturated carbocycles. The van der Waals surface area contributed by atoms with Crippen LogP contribution in [0.25, 0.3) is 0 Å². The second kappa shape index (κ2) is 7.98. The molecule has 0 aliphatic carbocycles. The van der Waals surface area contributed by atoms with Crippen molar-refractivity contribution in [2.75, 3.05) is 9.62 Å². The molecule has 160 valence electrons. The third-order valence-electron chi connectivity index (χ3n) is 5.29. The van der Waals surface area contributed by atoms with Gasteiger partial charge in [-0.1, -0.05) is 17.7 Å². The van der Waals surface area contributed by atoms with Gasteiger partial charge in [0, 0.05) is 22.3 Å². The molecule has 0 radical (unpaired) electrons. The maximum absolute atomic E-state index is 13.2. The highest BCUT2D eigenvalue weighted by Crippen LogP contribution is 2.37. The van der Waals surface area contributed by atoms with Gasteiger partial charge in [-0.2, -0.15) is 0 Å². The molecule has 3 aromatic rings. The van der Waals surface area contributed by atoms with Crippen LogP contribution in [0.4, 0.5) is 15.8 Å². The summed E-state index contributed by atoms with van der Waals surface area (Å²) in [6.45, 7) is 3.68. The van der Waals surface area contributed by atoms with Gasteiger partial charge < -0.3 is 5.32 Å². The lowest BCUT2D eigenvalue weighted by Crippen LogP contribution is -2.35. The smallest absolute Gasteiger partial charge is 0.264 e. The first kappa shape index (κ1) is 21.3. The number of sulfonamides is 1. The van der Waals surface area contributed by atoms with Gasteiger partial charge in [0.25, 0.3) is 15.9 Å². The number of aryl methyl sites for hydroxylation is 1. The van der Waals surface area contributed by atoms with Gasteiger partial charge in [0.05, 0.1) is 10.6 Å². The third-order valence-corrected chi connectivity index (χ3v) is 7.64. The number of nitrogens with zero attached hydrogens (tertiary/aromatic N) is 1. The van der Waals surface area contributed by atoms with E-state index in [4.69, 9.17) is 11.6 Å². The molecule has 0 unspecified atom stereocenters.